The van der Waals surface area contributed by atoms with E-state index in [1.54, 1.807) is 54.8 Å². The molecule has 0 bridgehead atoms. The molecule has 0 atom stereocenters. The fraction of sp³-hybridized carbons (Fsp3) is 0.0870. The minimum atomic E-state index is -0.549. The van der Waals surface area contributed by atoms with Gasteiger partial charge in [0.15, 0.2) is 11.5 Å². The van der Waals surface area contributed by atoms with Crippen LogP contribution in [-0.4, -0.2) is 24.8 Å². The van der Waals surface area contributed by atoms with E-state index in [1.807, 2.05) is 24.4 Å². The van der Waals surface area contributed by atoms with Crippen LogP contribution in [-0.2, 0) is 4.79 Å². The number of hydrogen-bond donors (Lipinski definition) is 2. The molecule has 0 aliphatic carbocycles. The summed E-state index contributed by atoms with van der Waals surface area (Å²) < 4.78 is 10.7. The second-order valence-corrected chi connectivity index (χ2v) is 7.61. The monoisotopic (exact) mass is 433 g/mol. The second kappa shape index (κ2) is 9.27. The highest BCUT2D eigenvalue weighted by Crippen LogP contribution is 2.33. The highest BCUT2D eigenvalue weighted by Gasteiger charge is 2.16. The Labute approximate surface area is 183 Å². The number of aryl methyl sites for hydroxylation is 1. The van der Waals surface area contributed by atoms with Gasteiger partial charge in [-0.1, -0.05) is 24.3 Å². The van der Waals surface area contributed by atoms with Crippen LogP contribution in [0.1, 0.15) is 26.4 Å². The van der Waals surface area contributed by atoms with Gasteiger partial charge in [-0.25, -0.2) is 5.43 Å². The largest absolute Gasteiger partial charge is 0.454 e. The highest BCUT2D eigenvalue weighted by molar-refractivity contribution is 7.11. The Balaban J connectivity index is 1.57. The van der Waals surface area contributed by atoms with Crippen molar-refractivity contribution >= 4 is 35.4 Å². The molecule has 1 aliphatic heterocycles. The summed E-state index contributed by atoms with van der Waals surface area (Å²) in [4.78, 5) is 26.4. The zero-order valence-electron chi connectivity index (χ0n) is 16.6. The molecule has 1 aromatic heterocycles. The minimum absolute atomic E-state index is 0.0489. The van der Waals surface area contributed by atoms with Crippen LogP contribution in [0.2, 0.25) is 0 Å². The smallest absolute Gasteiger partial charge is 0.287 e. The minimum Gasteiger partial charge on any atom is -0.454 e. The molecule has 0 unspecified atom stereocenters. The molecular weight excluding hydrogens is 414 g/mol. The molecule has 0 saturated heterocycles. The Morgan fingerprint density at radius 1 is 1.06 bits per heavy atom. The van der Waals surface area contributed by atoms with E-state index in [0.717, 1.165) is 10.4 Å². The summed E-state index contributed by atoms with van der Waals surface area (Å²) >= 11 is 1.52. The van der Waals surface area contributed by atoms with Crippen molar-refractivity contribution in [1.29, 1.82) is 0 Å². The number of nitrogens with zero attached hydrogens (tertiary/aromatic N) is 1. The maximum absolute atomic E-state index is 12.8. The molecule has 2 N–H and O–H groups in total. The van der Waals surface area contributed by atoms with E-state index in [1.165, 1.54) is 11.3 Å². The SMILES string of the molecule is Cc1ccsc1/C=N\NC(=O)/C(=C\c1ccc2c(c1)OCO2)NC(=O)c1ccccc1. The van der Waals surface area contributed by atoms with E-state index >= 15 is 0 Å². The average molecular weight is 433 g/mol. The number of benzene rings is 2. The first-order chi connectivity index (χ1) is 15.1. The third-order valence-corrected chi connectivity index (χ3v) is 5.44. The van der Waals surface area contributed by atoms with Gasteiger partial charge in [-0.2, -0.15) is 5.10 Å². The van der Waals surface area contributed by atoms with Gasteiger partial charge >= 0.3 is 0 Å². The Morgan fingerprint density at radius 3 is 2.65 bits per heavy atom. The summed E-state index contributed by atoms with van der Waals surface area (Å²) in [7, 11) is 0. The van der Waals surface area contributed by atoms with Gasteiger partial charge in [0.25, 0.3) is 11.8 Å². The second-order valence-electron chi connectivity index (χ2n) is 6.66. The quantitative estimate of drug-likeness (QED) is 0.352. The lowest BCUT2D eigenvalue weighted by Gasteiger charge is -2.09. The van der Waals surface area contributed by atoms with E-state index < -0.39 is 11.8 Å². The van der Waals surface area contributed by atoms with Gasteiger partial charge in [0.1, 0.15) is 5.70 Å². The molecule has 8 heteroatoms. The molecule has 0 fully saturated rings. The molecule has 2 amide bonds. The summed E-state index contributed by atoms with van der Waals surface area (Å²) in [5, 5.41) is 8.64. The highest BCUT2D eigenvalue weighted by atomic mass is 32.1. The number of carbonyl (C=O) groups excluding carboxylic acids is 2. The predicted octanol–water partition coefficient (Wildman–Crippen LogP) is 3.71. The maximum Gasteiger partial charge on any atom is 0.287 e. The van der Waals surface area contributed by atoms with Crippen LogP contribution in [0.3, 0.4) is 0 Å². The molecule has 0 saturated carbocycles. The number of amides is 2. The van der Waals surface area contributed by atoms with E-state index in [9.17, 15) is 9.59 Å². The topological polar surface area (TPSA) is 89.0 Å². The summed E-state index contributed by atoms with van der Waals surface area (Å²) in [5.74, 6) is 0.259. The van der Waals surface area contributed by atoms with Gasteiger partial charge in [-0.05, 0) is 59.8 Å². The number of thiophene rings is 1. The van der Waals surface area contributed by atoms with Crippen molar-refractivity contribution in [1.82, 2.24) is 10.7 Å². The average Bonchev–Trinajstić information content (AvgIpc) is 3.42. The molecule has 2 aromatic carbocycles. The molecular formula is C23H19N3O4S. The number of ether oxygens (including phenoxy) is 2. The first-order valence-corrected chi connectivity index (χ1v) is 10.3. The van der Waals surface area contributed by atoms with Crippen molar-refractivity contribution in [2.24, 2.45) is 5.10 Å². The number of nitrogens with one attached hydrogen (secondary N) is 2. The molecule has 0 radical (unpaired) electrons. The lowest BCUT2D eigenvalue weighted by Crippen LogP contribution is -2.32. The van der Waals surface area contributed by atoms with Crippen LogP contribution >= 0.6 is 11.3 Å². The number of hydrazone groups is 1. The van der Waals surface area contributed by atoms with Crippen LogP contribution in [0.25, 0.3) is 6.08 Å². The summed E-state index contributed by atoms with van der Waals surface area (Å²) in [6, 6.07) is 15.9. The molecule has 2 heterocycles. The lowest BCUT2D eigenvalue weighted by atomic mass is 10.1. The van der Waals surface area contributed by atoms with Gasteiger partial charge in [0.05, 0.1) is 6.21 Å². The van der Waals surface area contributed by atoms with Gasteiger partial charge in [0, 0.05) is 10.4 Å². The van der Waals surface area contributed by atoms with Crippen molar-refractivity contribution in [3.05, 3.63) is 87.2 Å². The Hall–Kier alpha value is -3.91. The van der Waals surface area contributed by atoms with E-state index in [-0.39, 0.29) is 12.5 Å². The van der Waals surface area contributed by atoms with Crippen molar-refractivity contribution in [3.63, 3.8) is 0 Å². The Morgan fingerprint density at radius 2 is 1.87 bits per heavy atom. The number of carbonyl (C=O) groups is 2. The number of fused-ring (bicyclic) bond motifs is 1. The van der Waals surface area contributed by atoms with E-state index in [2.05, 4.69) is 15.8 Å². The molecule has 31 heavy (non-hydrogen) atoms. The van der Waals surface area contributed by atoms with Crippen molar-refractivity contribution in [2.75, 3.05) is 6.79 Å². The van der Waals surface area contributed by atoms with Crippen molar-refractivity contribution < 1.29 is 19.1 Å². The fourth-order valence-electron chi connectivity index (χ4n) is 2.84. The lowest BCUT2D eigenvalue weighted by molar-refractivity contribution is -0.117. The van der Waals surface area contributed by atoms with Crippen molar-refractivity contribution in [3.8, 4) is 11.5 Å². The van der Waals surface area contributed by atoms with Gasteiger partial charge in [-0.15, -0.1) is 11.3 Å². The fourth-order valence-corrected chi connectivity index (χ4v) is 3.62. The van der Waals surface area contributed by atoms with Crippen LogP contribution in [0.15, 0.2) is 70.8 Å². The molecule has 3 aromatic rings. The first-order valence-electron chi connectivity index (χ1n) is 9.45. The van der Waals surface area contributed by atoms with Gasteiger partial charge in [0.2, 0.25) is 6.79 Å². The van der Waals surface area contributed by atoms with E-state index in [4.69, 9.17) is 9.47 Å². The summed E-state index contributed by atoms with van der Waals surface area (Å²) in [6.07, 6.45) is 3.14. The van der Waals surface area contributed by atoms with Gasteiger partial charge in [-0.3, -0.25) is 9.59 Å². The van der Waals surface area contributed by atoms with Crippen molar-refractivity contribution in [2.45, 2.75) is 6.92 Å². The third kappa shape index (κ3) is 4.99. The van der Waals surface area contributed by atoms with Crippen LogP contribution in [0, 0.1) is 6.92 Å². The zero-order chi connectivity index (χ0) is 21.6. The normalized spacial score (nSPS) is 12.7. The summed E-state index contributed by atoms with van der Waals surface area (Å²) in [6.45, 7) is 2.11. The third-order valence-electron chi connectivity index (χ3n) is 4.49. The van der Waals surface area contributed by atoms with E-state index in [0.29, 0.717) is 22.6 Å². The summed E-state index contributed by atoms with van der Waals surface area (Å²) in [5.41, 5.74) is 4.69. The first kappa shape index (κ1) is 20.4. The molecule has 7 nitrogen and oxygen atoms in total. The Bertz CT molecular complexity index is 1170. The standard InChI is InChI=1S/C23H19N3O4S/c1-15-9-10-31-21(15)13-24-26-23(28)18(25-22(27)17-5-3-2-4-6-17)11-16-7-8-19-20(12-16)30-14-29-19/h2-13H,14H2,1H3,(H,25,27)(H,26,28)/b18-11+,24-13-. The van der Waals surface area contributed by atoms with Crippen LogP contribution in [0.5, 0.6) is 11.5 Å². The van der Waals surface area contributed by atoms with Crippen LogP contribution < -0.4 is 20.2 Å². The molecule has 156 valence electrons. The molecule has 4 rings (SSSR count). The molecule has 0 spiro atoms. The molecule has 1 aliphatic rings. The zero-order valence-corrected chi connectivity index (χ0v) is 17.4. The maximum atomic E-state index is 12.8. The Kier molecular flexibility index (Phi) is 6.09. The predicted molar refractivity (Wildman–Crippen MR) is 119 cm³/mol. The number of rotatable bonds is 6. The number of hydrogen-bond acceptors (Lipinski definition) is 6. The van der Waals surface area contributed by atoms with Gasteiger partial charge < -0.3 is 14.8 Å². The van der Waals surface area contributed by atoms with Crippen LogP contribution in [0.4, 0.5) is 0 Å².